The van der Waals surface area contributed by atoms with E-state index in [0.717, 1.165) is 32.2 Å². The van der Waals surface area contributed by atoms with E-state index in [9.17, 15) is 4.79 Å². The van der Waals surface area contributed by atoms with Crippen LogP contribution in [-0.4, -0.2) is 43.5 Å². The van der Waals surface area contributed by atoms with Gasteiger partial charge in [-0.2, -0.15) is 0 Å². The Morgan fingerprint density at radius 2 is 1.84 bits per heavy atom. The summed E-state index contributed by atoms with van der Waals surface area (Å²) >= 11 is 0. The first-order valence-electron chi connectivity index (χ1n) is 7.61. The summed E-state index contributed by atoms with van der Waals surface area (Å²) in [4.78, 5) is 14.0. The van der Waals surface area contributed by atoms with E-state index in [1.165, 1.54) is 0 Å². The first kappa shape index (κ1) is 18.4. The van der Waals surface area contributed by atoms with Crippen molar-refractivity contribution >= 4 is 5.91 Å². The predicted molar refractivity (Wildman–Crippen MR) is 82.1 cm³/mol. The van der Waals surface area contributed by atoms with Crippen molar-refractivity contribution in [3.63, 3.8) is 0 Å². The second-order valence-corrected chi connectivity index (χ2v) is 5.78. The lowest BCUT2D eigenvalue weighted by Crippen LogP contribution is -2.44. The average molecular weight is 271 g/mol. The number of hydrogen-bond donors (Lipinski definition) is 2. The third-order valence-corrected chi connectivity index (χ3v) is 3.83. The van der Waals surface area contributed by atoms with E-state index in [4.69, 9.17) is 5.73 Å². The van der Waals surface area contributed by atoms with E-state index < -0.39 is 0 Å². The average Bonchev–Trinajstić information content (AvgIpc) is 2.33. The van der Waals surface area contributed by atoms with Crippen molar-refractivity contribution in [2.24, 2.45) is 11.7 Å². The number of nitrogens with one attached hydrogen (secondary N) is 1. The van der Waals surface area contributed by atoms with Gasteiger partial charge in [-0.3, -0.25) is 4.79 Å². The Morgan fingerprint density at radius 3 is 2.26 bits per heavy atom. The summed E-state index contributed by atoms with van der Waals surface area (Å²) in [7, 11) is 4.18. The molecule has 0 aliphatic heterocycles. The minimum absolute atomic E-state index is 0.151. The molecule has 114 valence electrons. The van der Waals surface area contributed by atoms with Crippen LogP contribution < -0.4 is 11.1 Å². The quantitative estimate of drug-likeness (QED) is 0.639. The Bertz CT molecular complexity index is 238. The SMILES string of the molecule is CCC(CC)C(CNC(=O)CCCC(C)N)N(C)C. The molecule has 0 aromatic heterocycles. The first-order chi connectivity index (χ1) is 8.92. The molecule has 0 aliphatic rings. The van der Waals surface area contributed by atoms with Gasteiger partial charge in [0.15, 0.2) is 0 Å². The van der Waals surface area contributed by atoms with Crippen molar-refractivity contribution < 1.29 is 4.79 Å². The van der Waals surface area contributed by atoms with E-state index in [1.807, 2.05) is 6.92 Å². The van der Waals surface area contributed by atoms with E-state index in [0.29, 0.717) is 18.4 Å². The Balaban J connectivity index is 4.07. The minimum atomic E-state index is 0.151. The number of nitrogens with two attached hydrogens (primary N) is 1. The maximum atomic E-state index is 11.8. The molecule has 2 atom stereocenters. The summed E-state index contributed by atoms with van der Waals surface area (Å²) < 4.78 is 0. The van der Waals surface area contributed by atoms with E-state index >= 15 is 0 Å². The molecule has 0 spiro atoms. The van der Waals surface area contributed by atoms with Crippen molar-refractivity contribution in [3.8, 4) is 0 Å². The van der Waals surface area contributed by atoms with Crippen molar-refractivity contribution in [2.45, 2.75) is 65.0 Å². The summed E-state index contributed by atoms with van der Waals surface area (Å²) in [6.07, 6.45) is 4.68. The molecule has 0 saturated heterocycles. The molecule has 0 rings (SSSR count). The number of carbonyl (C=O) groups is 1. The molecule has 0 aliphatic carbocycles. The van der Waals surface area contributed by atoms with Crippen LogP contribution in [0.1, 0.15) is 52.9 Å². The molecule has 1 amide bonds. The van der Waals surface area contributed by atoms with Crippen LogP contribution in [0.2, 0.25) is 0 Å². The minimum Gasteiger partial charge on any atom is -0.355 e. The molecule has 4 heteroatoms. The van der Waals surface area contributed by atoms with E-state index in [1.54, 1.807) is 0 Å². The van der Waals surface area contributed by atoms with Gasteiger partial charge in [0.1, 0.15) is 0 Å². The van der Waals surface area contributed by atoms with Crippen LogP contribution >= 0.6 is 0 Å². The molecule has 0 radical (unpaired) electrons. The predicted octanol–water partition coefficient (Wildman–Crippen LogP) is 1.99. The lowest BCUT2D eigenvalue weighted by atomic mass is 9.93. The zero-order chi connectivity index (χ0) is 14.8. The van der Waals surface area contributed by atoms with Crippen molar-refractivity contribution in [1.82, 2.24) is 10.2 Å². The molecule has 0 aromatic rings. The van der Waals surface area contributed by atoms with Gasteiger partial charge in [-0.1, -0.05) is 26.7 Å². The topological polar surface area (TPSA) is 58.4 Å². The summed E-state index contributed by atoms with van der Waals surface area (Å²) in [5.74, 6) is 0.790. The fourth-order valence-corrected chi connectivity index (χ4v) is 2.50. The Labute approximate surface area is 119 Å². The fraction of sp³-hybridized carbons (Fsp3) is 0.933. The Hall–Kier alpha value is -0.610. The zero-order valence-electron chi connectivity index (χ0n) is 13.4. The van der Waals surface area contributed by atoms with Crippen LogP contribution in [0.4, 0.5) is 0 Å². The van der Waals surface area contributed by atoms with Gasteiger partial charge >= 0.3 is 0 Å². The molecule has 3 N–H and O–H groups in total. The molecule has 2 unspecified atom stereocenters. The van der Waals surface area contributed by atoms with Gasteiger partial charge in [0.05, 0.1) is 0 Å². The smallest absolute Gasteiger partial charge is 0.220 e. The Morgan fingerprint density at radius 1 is 1.26 bits per heavy atom. The highest BCUT2D eigenvalue weighted by Gasteiger charge is 2.20. The van der Waals surface area contributed by atoms with E-state index in [-0.39, 0.29) is 11.9 Å². The number of carbonyl (C=O) groups excluding carboxylic acids is 1. The molecular formula is C15H33N3O. The number of nitrogens with zero attached hydrogens (tertiary/aromatic N) is 1. The van der Waals surface area contributed by atoms with Crippen LogP contribution in [0, 0.1) is 5.92 Å². The lowest BCUT2D eigenvalue weighted by molar-refractivity contribution is -0.121. The van der Waals surface area contributed by atoms with Gasteiger partial charge < -0.3 is 16.0 Å². The lowest BCUT2D eigenvalue weighted by Gasteiger charge is -2.31. The molecule has 4 nitrogen and oxygen atoms in total. The summed E-state index contributed by atoms with van der Waals surface area (Å²) in [6, 6.07) is 0.610. The number of amides is 1. The number of rotatable bonds is 10. The fourth-order valence-electron chi connectivity index (χ4n) is 2.50. The number of hydrogen-bond acceptors (Lipinski definition) is 3. The highest BCUT2D eigenvalue weighted by molar-refractivity contribution is 5.75. The summed E-state index contributed by atoms with van der Waals surface area (Å²) in [5.41, 5.74) is 5.68. The molecule has 0 saturated carbocycles. The maximum absolute atomic E-state index is 11.8. The van der Waals surface area contributed by atoms with Crippen LogP contribution in [0.25, 0.3) is 0 Å². The molecule has 0 fully saturated rings. The number of likely N-dealkylation sites (N-methyl/N-ethyl adjacent to an activating group) is 1. The summed E-state index contributed by atoms with van der Waals surface area (Å²) in [6.45, 7) is 7.16. The normalized spacial score (nSPS) is 14.7. The third-order valence-electron chi connectivity index (χ3n) is 3.83. The van der Waals surface area contributed by atoms with Gasteiger partial charge in [0.25, 0.3) is 0 Å². The van der Waals surface area contributed by atoms with Gasteiger partial charge in [0.2, 0.25) is 5.91 Å². The highest BCUT2D eigenvalue weighted by Crippen LogP contribution is 2.16. The van der Waals surface area contributed by atoms with Gasteiger partial charge in [-0.25, -0.2) is 0 Å². The molecule has 19 heavy (non-hydrogen) atoms. The van der Waals surface area contributed by atoms with Crippen molar-refractivity contribution in [1.29, 1.82) is 0 Å². The monoisotopic (exact) mass is 271 g/mol. The zero-order valence-corrected chi connectivity index (χ0v) is 13.4. The van der Waals surface area contributed by atoms with Crippen LogP contribution in [0.5, 0.6) is 0 Å². The van der Waals surface area contributed by atoms with Crippen molar-refractivity contribution in [2.75, 3.05) is 20.6 Å². The second kappa shape index (κ2) is 10.2. The van der Waals surface area contributed by atoms with Crippen molar-refractivity contribution in [3.05, 3.63) is 0 Å². The van der Waals surface area contributed by atoms with Gasteiger partial charge in [0, 0.05) is 25.0 Å². The molecule has 0 bridgehead atoms. The van der Waals surface area contributed by atoms with Crippen LogP contribution in [0.3, 0.4) is 0 Å². The molecule has 0 aromatic carbocycles. The third kappa shape index (κ3) is 8.22. The maximum Gasteiger partial charge on any atom is 0.220 e. The largest absolute Gasteiger partial charge is 0.355 e. The summed E-state index contributed by atoms with van der Waals surface area (Å²) in [5, 5.41) is 3.07. The molecule has 0 heterocycles. The van der Waals surface area contributed by atoms with E-state index in [2.05, 4.69) is 38.2 Å². The van der Waals surface area contributed by atoms with Crippen LogP contribution in [0.15, 0.2) is 0 Å². The highest BCUT2D eigenvalue weighted by atomic mass is 16.1. The first-order valence-corrected chi connectivity index (χ1v) is 7.61. The second-order valence-electron chi connectivity index (χ2n) is 5.78. The molecular weight excluding hydrogens is 238 g/mol. The Kier molecular flexibility index (Phi) is 9.88. The van der Waals surface area contributed by atoms with Crippen LogP contribution in [-0.2, 0) is 4.79 Å². The van der Waals surface area contributed by atoms with Gasteiger partial charge in [-0.15, -0.1) is 0 Å². The van der Waals surface area contributed by atoms with Gasteiger partial charge in [-0.05, 0) is 39.8 Å². The standard InChI is InChI=1S/C15H33N3O/c1-6-13(7-2)14(18(4)5)11-17-15(19)10-8-9-12(3)16/h12-14H,6-11,16H2,1-5H3,(H,17,19).